The molecule has 4 rings (SSSR count). The topological polar surface area (TPSA) is 104 Å². The number of nitrogens with one attached hydrogen (secondary N) is 1. The Morgan fingerprint density at radius 3 is 2.21 bits per heavy atom. The average molecular weight is 549 g/mol. The molecule has 1 amide bonds. The predicted molar refractivity (Wildman–Crippen MR) is 148 cm³/mol. The molecule has 0 spiro atoms. The smallest absolute Gasteiger partial charge is 0.335 e. The summed E-state index contributed by atoms with van der Waals surface area (Å²) in [6.07, 6.45) is 0. The van der Waals surface area contributed by atoms with E-state index in [0.29, 0.717) is 16.1 Å². The summed E-state index contributed by atoms with van der Waals surface area (Å²) in [6.45, 7) is 1.23. The Morgan fingerprint density at radius 2 is 1.53 bits per heavy atom. The Hall–Kier alpha value is -4.14. The molecule has 0 aliphatic carbocycles. The standard InChI is InChI=1S/C29H25ClN2O5S/c1-20-26(30)11-6-12-27(20)32(19-28(33)31-18-21-7-5-10-24(17-21)29(34)35)38(36,37)25-15-13-23(14-16-25)22-8-3-2-4-9-22/h2-17H,18-19H2,1H3,(H,31,33)(H,34,35). The Labute approximate surface area is 226 Å². The van der Waals surface area contributed by atoms with Gasteiger partial charge in [0.1, 0.15) is 6.54 Å². The second-order valence-electron chi connectivity index (χ2n) is 8.57. The lowest BCUT2D eigenvalue weighted by Crippen LogP contribution is -2.41. The van der Waals surface area contributed by atoms with Gasteiger partial charge in [-0.2, -0.15) is 0 Å². The molecule has 38 heavy (non-hydrogen) atoms. The van der Waals surface area contributed by atoms with Gasteiger partial charge < -0.3 is 10.4 Å². The number of hydrogen-bond donors (Lipinski definition) is 2. The van der Waals surface area contributed by atoms with E-state index in [0.717, 1.165) is 15.4 Å². The highest BCUT2D eigenvalue weighted by Gasteiger charge is 2.29. The number of carbonyl (C=O) groups excluding carboxylic acids is 1. The first-order valence-electron chi connectivity index (χ1n) is 11.7. The van der Waals surface area contributed by atoms with Crippen LogP contribution in [0, 0.1) is 6.92 Å². The SMILES string of the molecule is Cc1c(Cl)cccc1N(CC(=O)NCc1cccc(C(=O)O)c1)S(=O)(=O)c1ccc(-c2ccccc2)cc1. The van der Waals surface area contributed by atoms with Crippen molar-refractivity contribution >= 4 is 39.2 Å². The number of amides is 1. The van der Waals surface area contributed by atoms with E-state index >= 15 is 0 Å². The van der Waals surface area contributed by atoms with Gasteiger partial charge in [0, 0.05) is 11.6 Å². The highest BCUT2D eigenvalue weighted by molar-refractivity contribution is 7.92. The van der Waals surface area contributed by atoms with E-state index in [9.17, 15) is 23.1 Å². The van der Waals surface area contributed by atoms with E-state index in [1.807, 2.05) is 30.3 Å². The van der Waals surface area contributed by atoms with Gasteiger partial charge >= 0.3 is 5.97 Å². The minimum absolute atomic E-state index is 0.0264. The highest BCUT2D eigenvalue weighted by Crippen LogP contribution is 2.31. The van der Waals surface area contributed by atoms with Crippen LogP contribution in [0.25, 0.3) is 11.1 Å². The van der Waals surface area contributed by atoms with Crippen LogP contribution in [-0.4, -0.2) is 31.9 Å². The van der Waals surface area contributed by atoms with E-state index < -0.39 is 28.4 Å². The molecule has 7 nitrogen and oxygen atoms in total. The van der Waals surface area contributed by atoms with E-state index in [4.69, 9.17) is 11.6 Å². The number of carboxylic acid groups (broad SMARTS) is 1. The predicted octanol–water partition coefficient (Wildman–Crippen LogP) is 5.53. The zero-order valence-corrected chi connectivity index (χ0v) is 22.0. The van der Waals surface area contributed by atoms with E-state index in [1.165, 1.54) is 24.3 Å². The summed E-state index contributed by atoms with van der Waals surface area (Å²) in [5.41, 5.74) is 3.27. The van der Waals surface area contributed by atoms with Gasteiger partial charge in [0.15, 0.2) is 0 Å². The molecular weight excluding hydrogens is 524 g/mol. The minimum atomic E-state index is -4.15. The molecule has 4 aromatic rings. The first-order valence-corrected chi connectivity index (χ1v) is 13.5. The second kappa shape index (κ2) is 11.5. The molecule has 0 saturated heterocycles. The van der Waals surface area contributed by atoms with E-state index in [1.54, 1.807) is 49.4 Å². The molecule has 0 aliphatic rings. The van der Waals surface area contributed by atoms with Crippen LogP contribution in [-0.2, 0) is 21.4 Å². The molecule has 0 fully saturated rings. The summed E-state index contributed by atoms with van der Waals surface area (Å²) in [7, 11) is -4.15. The summed E-state index contributed by atoms with van der Waals surface area (Å²) in [5.74, 6) is -1.64. The Morgan fingerprint density at radius 1 is 0.868 bits per heavy atom. The number of benzene rings is 4. The van der Waals surface area contributed by atoms with Gasteiger partial charge in [-0.15, -0.1) is 0 Å². The van der Waals surface area contributed by atoms with Crippen LogP contribution in [0.15, 0.2) is 102 Å². The maximum atomic E-state index is 13.8. The van der Waals surface area contributed by atoms with Gasteiger partial charge in [0.2, 0.25) is 5.91 Å². The van der Waals surface area contributed by atoms with Crippen molar-refractivity contribution in [3.05, 3.63) is 119 Å². The van der Waals surface area contributed by atoms with Gasteiger partial charge in [0.25, 0.3) is 10.0 Å². The molecule has 4 aromatic carbocycles. The van der Waals surface area contributed by atoms with Crippen LogP contribution in [0.3, 0.4) is 0 Å². The number of anilines is 1. The van der Waals surface area contributed by atoms with Gasteiger partial charge in [-0.3, -0.25) is 9.10 Å². The number of sulfonamides is 1. The number of carboxylic acids is 1. The van der Waals surface area contributed by atoms with Crippen molar-refractivity contribution < 1.29 is 23.1 Å². The minimum Gasteiger partial charge on any atom is -0.478 e. The monoisotopic (exact) mass is 548 g/mol. The van der Waals surface area contributed by atoms with Crippen LogP contribution < -0.4 is 9.62 Å². The zero-order valence-electron chi connectivity index (χ0n) is 20.5. The zero-order chi connectivity index (χ0) is 27.3. The van der Waals surface area contributed by atoms with Crippen LogP contribution >= 0.6 is 11.6 Å². The van der Waals surface area contributed by atoms with Crippen molar-refractivity contribution in [2.75, 3.05) is 10.8 Å². The van der Waals surface area contributed by atoms with Crippen molar-refractivity contribution in [1.29, 1.82) is 0 Å². The summed E-state index contributed by atoms with van der Waals surface area (Å²) in [4.78, 5) is 24.2. The van der Waals surface area contributed by atoms with Crippen LogP contribution in [0.1, 0.15) is 21.5 Å². The van der Waals surface area contributed by atoms with Gasteiger partial charge in [0.05, 0.1) is 16.1 Å². The molecule has 0 bridgehead atoms. The quantitative estimate of drug-likeness (QED) is 0.286. The van der Waals surface area contributed by atoms with Crippen LogP contribution in [0.4, 0.5) is 5.69 Å². The third kappa shape index (κ3) is 6.04. The summed E-state index contributed by atoms with van der Waals surface area (Å²) in [6, 6.07) is 27.1. The second-order valence-corrected chi connectivity index (χ2v) is 10.8. The molecule has 0 saturated carbocycles. The largest absolute Gasteiger partial charge is 0.478 e. The number of halogens is 1. The summed E-state index contributed by atoms with van der Waals surface area (Å²) in [5, 5.41) is 12.2. The van der Waals surface area contributed by atoms with Gasteiger partial charge in [-0.25, -0.2) is 13.2 Å². The summed E-state index contributed by atoms with van der Waals surface area (Å²) >= 11 is 6.29. The lowest BCUT2D eigenvalue weighted by molar-refractivity contribution is -0.119. The van der Waals surface area contributed by atoms with Gasteiger partial charge in [-0.05, 0) is 65.6 Å². The lowest BCUT2D eigenvalue weighted by Gasteiger charge is -2.26. The number of aromatic carboxylic acids is 1. The molecular formula is C29H25ClN2O5S. The fourth-order valence-corrected chi connectivity index (χ4v) is 5.59. The molecule has 0 atom stereocenters. The molecule has 194 valence electrons. The Bertz CT molecular complexity index is 1570. The van der Waals surface area contributed by atoms with Crippen molar-refractivity contribution in [2.45, 2.75) is 18.4 Å². The molecule has 0 radical (unpaired) electrons. The molecule has 0 heterocycles. The average Bonchev–Trinajstić information content (AvgIpc) is 2.93. The number of rotatable bonds is 9. The molecule has 0 unspecified atom stereocenters. The van der Waals surface area contributed by atoms with Crippen molar-refractivity contribution in [3.8, 4) is 11.1 Å². The molecule has 0 aliphatic heterocycles. The van der Waals surface area contributed by atoms with Crippen LogP contribution in [0.5, 0.6) is 0 Å². The normalized spacial score (nSPS) is 11.1. The molecule has 0 aromatic heterocycles. The third-order valence-corrected chi connectivity index (χ3v) is 8.19. The Kier molecular flexibility index (Phi) is 8.14. The third-order valence-electron chi connectivity index (χ3n) is 6.01. The van der Waals surface area contributed by atoms with Crippen LogP contribution in [0.2, 0.25) is 5.02 Å². The van der Waals surface area contributed by atoms with Crippen molar-refractivity contribution in [1.82, 2.24) is 5.32 Å². The van der Waals surface area contributed by atoms with Crippen molar-refractivity contribution in [3.63, 3.8) is 0 Å². The molecule has 9 heteroatoms. The fourth-order valence-electron chi connectivity index (χ4n) is 3.94. The fraction of sp³-hybridized carbons (Fsp3) is 0.103. The maximum absolute atomic E-state index is 13.8. The first-order chi connectivity index (χ1) is 18.2. The maximum Gasteiger partial charge on any atom is 0.335 e. The lowest BCUT2D eigenvalue weighted by atomic mass is 10.1. The number of hydrogen-bond acceptors (Lipinski definition) is 4. The highest BCUT2D eigenvalue weighted by atomic mass is 35.5. The molecule has 2 N–H and O–H groups in total. The number of nitrogens with zero attached hydrogens (tertiary/aromatic N) is 1. The van der Waals surface area contributed by atoms with Crippen molar-refractivity contribution in [2.24, 2.45) is 0 Å². The van der Waals surface area contributed by atoms with E-state index in [2.05, 4.69) is 5.32 Å². The van der Waals surface area contributed by atoms with E-state index in [-0.39, 0.29) is 22.7 Å². The Balaban J connectivity index is 1.62. The van der Waals surface area contributed by atoms with Gasteiger partial charge in [-0.1, -0.05) is 72.3 Å². The first kappa shape index (κ1) is 26.9. The summed E-state index contributed by atoms with van der Waals surface area (Å²) < 4.78 is 28.7. The number of carbonyl (C=O) groups is 2.